The van der Waals surface area contributed by atoms with Crippen LogP contribution in [-0.4, -0.2) is 69.4 Å². The predicted molar refractivity (Wildman–Crippen MR) is 184 cm³/mol. The summed E-state index contributed by atoms with van der Waals surface area (Å²) < 4.78 is 0. The first-order valence-corrected chi connectivity index (χ1v) is 15.5. The lowest BCUT2D eigenvalue weighted by Gasteiger charge is -2.20. The van der Waals surface area contributed by atoms with Crippen LogP contribution >= 0.6 is 0 Å². The van der Waals surface area contributed by atoms with Gasteiger partial charge in [0.2, 0.25) is 0 Å². The molecular formula is C35H60N6. The lowest BCUT2D eigenvalue weighted by atomic mass is 10.1. The molecule has 0 heterocycles. The second kappa shape index (κ2) is 26.0. The molecule has 0 aromatic carbocycles. The van der Waals surface area contributed by atoms with Crippen molar-refractivity contribution in [3.05, 3.63) is 59.9 Å². The molecule has 0 amide bonds. The SMILES string of the molecule is C=C(CC)NCC/C(=N/C)NC(C)C/C=C\C(C#CC/C=C(/C=C\C/N=C(\C)CN(CCC)CNC)CCC)=C/C. The van der Waals surface area contributed by atoms with Gasteiger partial charge in [-0.2, -0.15) is 0 Å². The van der Waals surface area contributed by atoms with Gasteiger partial charge in [-0.3, -0.25) is 14.9 Å². The molecule has 6 heteroatoms. The van der Waals surface area contributed by atoms with Crippen molar-refractivity contribution in [2.24, 2.45) is 9.98 Å². The van der Waals surface area contributed by atoms with Crippen LogP contribution in [0.1, 0.15) is 86.5 Å². The van der Waals surface area contributed by atoms with Crippen molar-refractivity contribution in [3.8, 4) is 11.8 Å². The van der Waals surface area contributed by atoms with Gasteiger partial charge in [-0.25, -0.2) is 0 Å². The monoisotopic (exact) mass is 564 g/mol. The molecule has 6 nitrogen and oxygen atoms in total. The number of amidine groups is 1. The Morgan fingerprint density at radius 3 is 2.51 bits per heavy atom. The molecule has 0 aliphatic rings. The maximum Gasteiger partial charge on any atom is 0.0979 e. The molecule has 0 spiro atoms. The van der Waals surface area contributed by atoms with E-state index in [0.717, 1.165) is 94.9 Å². The van der Waals surface area contributed by atoms with Crippen molar-refractivity contribution < 1.29 is 0 Å². The summed E-state index contributed by atoms with van der Waals surface area (Å²) >= 11 is 0. The second-order valence-corrected chi connectivity index (χ2v) is 10.3. The van der Waals surface area contributed by atoms with Gasteiger partial charge in [-0.1, -0.05) is 87.6 Å². The number of hydrogen-bond donors (Lipinski definition) is 3. The van der Waals surface area contributed by atoms with Gasteiger partial charge in [-0.05, 0) is 60.0 Å². The normalized spacial score (nSPS) is 14.1. The lowest BCUT2D eigenvalue weighted by molar-refractivity contribution is 0.295. The Morgan fingerprint density at radius 2 is 1.88 bits per heavy atom. The summed E-state index contributed by atoms with van der Waals surface area (Å²) in [6, 6.07) is 0.300. The zero-order valence-electron chi connectivity index (χ0n) is 27.6. The summed E-state index contributed by atoms with van der Waals surface area (Å²) in [5, 5.41) is 10.1. The van der Waals surface area contributed by atoms with Gasteiger partial charge in [-0.15, -0.1) is 0 Å². The fourth-order valence-corrected chi connectivity index (χ4v) is 4.10. The first kappa shape index (κ1) is 38.1. The Morgan fingerprint density at radius 1 is 1.10 bits per heavy atom. The molecule has 0 fully saturated rings. The quantitative estimate of drug-likeness (QED) is 0.0471. The molecule has 41 heavy (non-hydrogen) atoms. The van der Waals surface area contributed by atoms with Gasteiger partial charge >= 0.3 is 0 Å². The minimum Gasteiger partial charge on any atom is -0.388 e. The van der Waals surface area contributed by atoms with Crippen molar-refractivity contribution in [1.82, 2.24) is 20.9 Å². The van der Waals surface area contributed by atoms with Crippen LogP contribution in [-0.2, 0) is 0 Å². The second-order valence-electron chi connectivity index (χ2n) is 10.3. The van der Waals surface area contributed by atoms with Crippen LogP contribution in [0.25, 0.3) is 0 Å². The molecule has 1 unspecified atom stereocenters. The van der Waals surface area contributed by atoms with E-state index in [2.05, 4.69) is 115 Å². The minimum atomic E-state index is 0.300. The molecule has 0 rings (SSSR count). The minimum absolute atomic E-state index is 0.300. The molecule has 0 saturated heterocycles. The van der Waals surface area contributed by atoms with Gasteiger partial charge in [0.1, 0.15) is 0 Å². The first-order chi connectivity index (χ1) is 19.8. The van der Waals surface area contributed by atoms with E-state index in [1.807, 2.05) is 21.0 Å². The predicted octanol–water partition coefficient (Wildman–Crippen LogP) is 6.81. The van der Waals surface area contributed by atoms with Crippen LogP contribution < -0.4 is 16.0 Å². The topological polar surface area (TPSA) is 64.0 Å². The fraction of sp³-hybridized carbons (Fsp3) is 0.600. The number of rotatable bonds is 21. The van der Waals surface area contributed by atoms with Crippen molar-refractivity contribution in [1.29, 1.82) is 0 Å². The van der Waals surface area contributed by atoms with Crippen molar-refractivity contribution in [3.63, 3.8) is 0 Å². The van der Waals surface area contributed by atoms with Crippen LogP contribution in [0, 0.1) is 11.8 Å². The molecule has 0 aromatic heterocycles. The summed E-state index contributed by atoms with van der Waals surface area (Å²) in [6.45, 7) is 21.3. The van der Waals surface area contributed by atoms with E-state index in [1.54, 1.807) is 0 Å². The van der Waals surface area contributed by atoms with Gasteiger partial charge in [0.25, 0.3) is 0 Å². The van der Waals surface area contributed by atoms with E-state index < -0.39 is 0 Å². The first-order valence-electron chi connectivity index (χ1n) is 15.5. The average molecular weight is 565 g/mol. The van der Waals surface area contributed by atoms with Gasteiger partial charge in [0.05, 0.1) is 12.4 Å². The highest BCUT2D eigenvalue weighted by atomic mass is 15.2. The molecular weight excluding hydrogens is 504 g/mol. The smallest absolute Gasteiger partial charge is 0.0979 e. The Labute approximate surface area is 253 Å². The highest BCUT2D eigenvalue weighted by molar-refractivity contribution is 5.84. The molecule has 1 atom stereocenters. The van der Waals surface area contributed by atoms with Gasteiger partial charge in [0, 0.05) is 62.7 Å². The largest absolute Gasteiger partial charge is 0.388 e. The Balaban J connectivity index is 4.81. The molecule has 0 radical (unpaired) electrons. The molecule has 0 aliphatic heterocycles. The Hall–Kier alpha value is -2.88. The van der Waals surface area contributed by atoms with E-state index in [-0.39, 0.29) is 0 Å². The molecule has 0 aliphatic carbocycles. The number of nitrogens with zero attached hydrogens (tertiary/aromatic N) is 3. The summed E-state index contributed by atoms with van der Waals surface area (Å²) in [4.78, 5) is 11.5. The van der Waals surface area contributed by atoms with E-state index in [1.165, 1.54) is 11.3 Å². The molecule has 3 N–H and O–H groups in total. The standard InChI is InChI=1S/C35H60N6/c1-10-18-34(23-17-25-38-32(7)28-41(27-11-2)29-36-8)21-15-14-20-33(13-4)22-16-19-31(6)40-35(37-9)24-26-39-30(5)12-3/h13,16-17,21-23,31,36,39H,5,10-12,15,18-19,24-29H2,1-4,6-9H3,(H,37,40)/b22-16-,23-17-,33-13-,34-21+,38-32+. The maximum atomic E-state index is 4.75. The Bertz CT molecular complexity index is 949. The third-order valence-electron chi connectivity index (χ3n) is 6.35. The van der Waals surface area contributed by atoms with E-state index in [9.17, 15) is 0 Å². The summed E-state index contributed by atoms with van der Waals surface area (Å²) in [7, 11) is 3.83. The Kier molecular flexibility index (Phi) is 24.2. The van der Waals surface area contributed by atoms with Gasteiger partial charge in [0.15, 0.2) is 0 Å². The van der Waals surface area contributed by atoms with Crippen molar-refractivity contribution >= 4 is 11.5 Å². The molecule has 0 aromatic rings. The molecule has 0 saturated carbocycles. The summed E-state index contributed by atoms with van der Waals surface area (Å²) in [6.07, 6.45) is 19.8. The number of allylic oxidation sites excluding steroid dienone is 7. The number of hydrogen-bond acceptors (Lipinski definition) is 5. The maximum absolute atomic E-state index is 4.75. The third-order valence-corrected chi connectivity index (χ3v) is 6.35. The highest BCUT2D eigenvalue weighted by Crippen LogP contribution is 2.08. The van der Waals surface area contributed by atoms with Crippen molar-refractivity contribution in [2.45, 2.75) is 92.5 Å². The van der Waals surface area contributed by atoms with Crippen LogP contribution in [0.2, 0.25) is 0 Å². The number of aliphatic imine (C=N–C) groups is 2. The lowest BCUT2D eigenvalue weighted by Crippen LogP contribution is -2.36. The van der Waals surface area contributed by atoms with Crippen LogP contribution in [0.3, 0.4) is 0 Å². The van der Waals surface area contributed by atoms with Crippen molar-refractivity contribution in [2.75, 3.05) is 46.9 Å². The van der Waals surface area contributed by atoms with E-state index >= 15 is 0 Å². The molecule has 0 bridgehead atoms. The van der Waals surface area contributed by atoms with E-state index in [0.29, 0.717) is 6.04 Å². The van der Waals surface area contributed by atoms with E-state index in [4.69, 9.17) is 4.99 Å². The van der Waals surface area contributed by atoms with Crippen LogP contribution in [0.5, 0.6) is 0 Å². The number of nitrogens with one attached hydrogen (secondary N) is 3. The van der Waals surface area contributed by atoms with Gasteiger partial charge < -0.3 is 16.0 Å². The third kappa shape index (κ3) is 21.5. The van der Waals surface area contributed by atoms with Crippen LogP contribution in [0.15, 0.2) is 69.9 Å². The zero-order valence-corrected chi connectivity index (χ0v) is 27.6. The fourth-order valence-electron chi connectivity index (χ4n) is 4.10. The molecule has 230 valence electrons. The zero-order chi connectivity index (χ0) is 30.7. The average Bonchev–Trinajstić information content (AvgIpc) is 2.95. The summed E-state index contributed by atoms with van der Waals surface area (Å²) in [5.74, 6) is 7.67. The highest BCUT2D eigenvalue weighted by Gasteiger charge is 2.04. The van der Waals surface area contributed by atoms with Crippen LogP contribution in [0.4, 0.5) is 0 Å². The summed E-state index contributed by atoms with van der Waals surface area (Å²) in [5.41, 5.74) is 4.62.